The molecule has 1 aromatic carbocycles. The van der Waals surface area contributed by atoms with Crippen LogP contribution in [0.3, 0.4) is 0 Å². The number of nitrogens with one attached hydrogen (secondary N) is 1. The van der Waals surface area contributed by atoms with E-state index < -0.39 is 0 Å². The average molecular weight is 399 g/mol. The quantitative estimate of drug-likeness (QED) is 0.512. The van der Waals surface area contributed by atoms with Crippen molar-refractivity contribution in [2.24, 2.45) is 0 Å². The van der Waals surface area contributed by atoms with Crippen molar-refractivity contribution in [3.63, 3.8) is 0 Å². The largest absolute Gasteiger partial charge is 0.356 e. The molecule has 0 bridgehead atoms. The van der Waals surface area contributed by atoms with Gasteiger partial charge in [0.15, 0.2) is 5.16 Å². The van der Waals surface area contributed by atoms with Crippen LogP contribution in [0.15, 0.2) is 41.6 Å². The molecule has 1 amide bonds. The minimum absolute atomic E-state index is 0.0582. The van der Waals surface area contributed by atoms with Crippen LogP contribution in [-0.4, -0.2) is 35.2 Å². The highest BCUT2D eigenvalue weighted by Crippen LogP contribution is 2.33. The first-order valence-corrected chi connectivity index (χ1v) is 11.2. The number of aromatic nitrogens is 2. The molecule has 3 heterocycles. The second-order valence-electron chi connectivity index (χ2n) is 6.58. The van der Waals surface area contributed by atoms with Crippen molar-refractivity contribution in [1.82, 2.24) is 15.3 Å². The van der Waals surface area contributed by atoms with Gasteiger partial charge in [-0.2, -0.15) is 0 Å². The molecular formula is C20H22N4OS2. The van der Waals surface area contributed by atoms with Crippen molar-refractivity contribution in [1.29, 1.82) is 0 Å². The van der Waals surface area contributed by atoms with Crippen LogP contribution in [-0.2, 0) is 6.54 Å². The number of rotatable bonds is 5. The zero-order valence-corrected chi connectivity index (χ0v) is 16.9. The Balaban J connectivity index is 1.61. The lowest BCUT2D eigenvalue weighted by Crippen LogP contribution is -2.30. The number of benzene rings is 1. The Morgan fingerprint density at radius 3 is 2.70 bits per heavy atom. The normalized spacial score (nSPS) is 14.5. The smallest absolute Gasteiger partial charge is 0.261 e. The van der Waals surface area contributed by atoms with Gasteiger partial charge in [-0.15, -0.1) is 11.3 Å². The third-order valence-electron chi connectivity index (χ3n) is 4.71. The molecule has 1 fully saturated rings. The number of anilines is 1. The van der Waals surface area contributed by atoms with E-state index in [4.69, 9.17) is 4.98 Å². The molecule has 3 aromatic rings. The van der Waals surface area contributed by atoms with E-state index >= 15 is 0 Å². The summed E-state index contributed by atoms with van der Waals surface area (Å²) in [6.07, 6.45) is 5.64. The number of carbonyl (C=O) groups is 1. The number of amides is 1. The Kier molecular flexibility index (Phi) is 5.59. The van der Waals surface area contributed by atoms with Crippen molar-refractivity contribution in [3.8, 4) is 0 Å². The van der Waals surface area contributed by atoms with Gasteiger partial charge in [0, 0.05) is 19.6 Å². The summed E-state index contributed by atoms with van der Waals surface area (Å²) in [7, 11) is 0. The molecule has 7 heteroatoms. The molecule has 0 atom stereocenters. The van der Waals surface area contributed by atoms with E-state index in [1.807, 2.05) is 42.7 Å². The topological polar surface area (TPSA) is 58.1 Å². The van der Waals surface area contributed by atoms with E-state index in [0.29, 0.717) is 11.4 Å². The highest BCUT2D eigenvalue weighted by atomic mass is 32.2. The summed E-state index contributed by atoms with van der Waals surface area (Å²) in [6.45, 7) is 2.56. The van der Waals surface area contributed by atoms with Crippen LogP contribution < -0.4 is 10.2 Å². The molecule has 0 unspecified atom stereocenters. The van der Waals surface area contributed by atoms with Gasteiger partial charge < -0.3 is 10.2 Å². The van der Waals surface area contributed by atoms with Gasteiger partial charge in [-0.1, -0.05) is 42.1 Å². The average Bonchev–Trinajstić information content (AvgIpc) is 3.17. The van der Waals surface area contributed by atoms with Gasteiger partial charge in [-0.25, -0.2) is 9.97 Å². The van der Waals surface area contributed by atoms with Crippen LogP contribution in [0.4, 0.5) is 5.82 Å². The Hall–Kier alpha value is -2.12. The Labute approximate surface area is 167 Å². The molecule has 5 nitrogen and oxygen atoms in total. The lowest BCUT2D eigenvalue weighted by molar-refractivity contribution is 0.0955. The highest BCUT2D eigenvalue weighted by molar-refractivity contribution is 7.98. The lowest BCUT2D eigenvalue weighted by Gasteiger charge is -2.28. The first-order valence-electron chi connectivity index (χ1n) is 9.17. The van der Waals surface area contributed by atoms with Gasteiger partial charge in [0.1, 0.15) is 10.6 Å². The van der Waals surface area contributed by atoms with E-state index in [0.717, 1.165) is 39.8 Å². The summed E-state index contributed by atoms with van der Waals surface area (Å²) in [5, 5.41) is 4.76. The highest BCUT2D eigenvalue weighted by Gasteiger charge is 2.20. The van der Waals surface area contributed by atoms with E-state index in [-0.39, 0.29) is 5.91 Å². The predicted molar refractivity (Wildman–Crippen MR) is 113 cm³/mol. The molecule has 1 aliphatic heterocycles. The molecule has 1 aliphatic rings. The van der Waals surface area contributed by atoms with Crippen LogP contribution in [0.5, 0.6) is 0 Å². The van der Waals surface area contributed by atoms with Crippen molar-refractivity contribution in [2.45, 2.75) is 31.0 Å². The van der Waals surface area contributed by atoms with E-state index in [1.54, 1.807) is 11.8 Å². The third kappa shape index (κ3) is 4.09. The molecule has 140 valence electrons. The molecule has 0 aliphatic carbocycles. The predicted octanol–water partition coefficient (Wildman–Crippen LogP) is 4.33. The molecule has 1 N–H and O–H groups in total. The number of hydrogen-bond donors (Lipinski definition) is 1. The van der Waals surface area contributed by atoms with Gasteiger partial charge in [0.05, 0.1) is 10.3 Å². The van der Waals surface area contributed by atoms with E-state index in [9.17, 15) is 4.79 Å². The second kappa shape index (κ2) is 8.27. The fourth-order valence-corrected chi connectivity index (χ4v) is 4.66. The number of carbonyl (C=O) groups excluding carboxylic acids is 1. The SMILES string of the molecule is CSc1nc(N2CCCCC2)c2cc(C(=O)NCc3ccccc3)sc2n1. The molecule has 2 aromatic heterocycles. The van der Waals surface area contributed by atoms with E-state index in [2.05, 4.69) is 15.2 Å². The van der Waals surface area contributed by atoms with Crippen LogP contribution in [0.2, 0.25) is 0 Å². The van der Waals surface area contributed by atoms with Gasteiger partial charge >= 0.3 is 0 Å². The van der Waals surface area contributed by atoms with Gasteiger partial charge in [0.2, 0.25) is 0 Å². The Morgan fingerprint density at radius 2 is 1.96 bits per heavy atom. The minimum Gasteiger partial charge on any atom is -0.356 e. The minimum atomic E-state index is -0.0582. The second-order valence-corrected chi connectivity index (χ2v) is 8.38. The molecule has 0 spiro atoms. The van der Waals surface area contributed by atoms with Gasteiger partial charge in [-0.05, 0) is 37.1 Å². The summed E-state index contributed by atoms with van der Waals surface area (Å²) in [6, 6.07) is 11.9. The lowest BCUT2D eigenvalue weighted by atomic mass is 10.1. The number of fused-ring (bicyclic) bond motifs is 1. The molecule has 27 heavy (non-hydrogen) atoms. The van der Waals surface area contributed by atoms with Crippen molar-refractivity contribution in [2.75, 3.05) is 24.2 Å². The zero-order valence-electron chi connectivity index (χ0n) is 15.3. The van der Waals surface area contributed by atoms with Crippen LogP contribution >= 0.6 is 23.1 Å². The molecule has 0 radical (unpaired) electrons. The molecule has 4 rings (SSSR count). The maximum atomic E-state index is 12.7. The Morgan fingerprint density at radius 1 is 1.19 bits per heavy atom. The summed E-state index contributed by atoms with van der Waals surface area (Å²) >= 11 is 2.99. The maximum Gasteiger partial charge on any atom is 0.261 e. The third-order valence-corrected chi connectivity index (χ3v) is 6.29. The zero-order chi connectivity index (χ0) is 18.6. The van der Waals surface area contributed by atoms with Crippen LogP contribution in [0.25, 0.3) is 10.2 Å². The van der Waals surface area contributed by atoms with Gasteiger partial charge in [-0.3, -0.25) is 4.79 Å². The first kappa shape index (κ1) is 18.3. The van der Waals surface area contributed by atoms with E-state index in [1.165, 1.54) is 30.6 Å². The van der Waals surface area contributed by atoms with Crippen LogP contribution in [0.1, 0.15) is 34.5 Å². The number of piperidine rings is 1. The van der Waals surface area contributed by atoms with Crippen molar-refractivity contribution < 1.29 is 4.79 Å². The Bertz CT molecular complexity index is 936. The number of nitrogens with zero attached hydrogens (tertiary/aromatic N) is 3. The monoisotopic (exact) mass is 398 g/mol. The molecular weight excluding hydrogens is 376 g/mol. The number of thiophene rings is 1. The molecule has 0 saturated carbocycles. The summed E-state index contributed by atoms with van der Waals surface area (Å²) in [5.41, 5.74) is 1.09. The number of hydrogen-bond acceptors (Lipinski definition) is 6. The van der Waals surface area contributed by atoms with Gasteiger partial charge in [0.25, 0.3) is 5.91 Å². The summed E-state index contributed by atoms with van der Waals surface area (Å²) < 4.78 is 0. The standard InChI is InChI=1S/C20H22N4OS2/c1-26-20-22-17(24-10-6-3-7-11-24)15-12-16(27-19(15)23-20)18(25)21-13-14-8-4-2-5-9-14/h2,4-5,8-9,12H,3,6-7,10-11,13H2,1H3,(H,21,25). The van der Waals surface area contributed by atoms with Crippen LogP contribution in [0, 0.1) is 0 Å². The summed E-state index contributed by atoms with van der Waals surface area (Å²) in [4.78, 5) is 26.0. The van der Waals surface area contributed by atoms with Crippen molar-refractivity contribution >= 4 is 45.0 Å². The first-order chi connectivity index (χ1) is 13.2. The molecule has 1 saturated heterocycles. The summed E-state index contributed by atoms with van der Waals surface area (Å²) in [5.74, 6) is 0.916. The fourth-order valence-electron chi connectivity index (χ4n) is 3.30. The fraction of sp³-hybridized carbons (Fsp3) is 0.350. The maximum absolute atomic E-state index is 12.7. The number of thioether (sulfide) groups is 1. The van der Waals surface area contributed by atoms with Crippen molar-refractivity contribution in [3.05, 3.63) is 46.8 Å².